The first-order chi connectivity index (χ1) is 15.0. The first kappa shape index (κ1) is 22.7. The number of hydrogen-bond acceptors (Lipinski definition) is 6. The van der Waals surface area contributed by atoms with Gasteiger partial charge in [0.15, 0.2) is 11.5 Å². The number of amides is 1. The summed E-state index contributed by atoms with van der Waals surface area (Å²) < 4.78 is 22.8. The Hall–Kier alpha value is -2.93. The average Bonchev–Trinajstić information content (AvgIpc) is 2.76. The van der Waals surface area contributed by atoms with E-state index in [2.05, 4.69) is 0 Å². The Bertz CT molecular complexity index is 894. The lowest BCUT2D eigenvalue weighted by atomic mass is 9.85. The maximum Gasteiger partial charge on any atom is 0.257 e. The molecule has 0 atom stereocenters. The van der Waals surface area contributed by atoms with Crippen LogP contribution >= 0.6 is 0 Å². The molecule has 0 heterocycles. The van der Waals surface area contributed by atoms with Crippen molar-refractivity contribution < 1.29 is 23.7 Å². The minimum atomic E-state index is -0.146. The molecule has 1 fully saturated rings. The van der Waals surface area contributed by atoms with Crippen molar-refractivity contribution in [2.45, 2.75) is 25.7 Å². The first-order valence-corrected chi connectivity index (χ1v) is 10.6. The molecule has 31 heavy (non-hydrogen) atoms. The zero-order valence-electron chi connectivity index (χ0n) is 18.8. The van der Waals surface area contributed by atoms with Crippen LogP contribution in [0.5, 0.6) is 28.7 Å². The molecule has 0 aromatic heterocycles. The van der Waals surface area contributed by atoms with E-state index in [0.717, 1.165) is 31.4 Å². The Morgan fingerprint density at radius 2 is 1.68 bits per heavy atom. The van der Waals surface area contributed by atoms with Crippen molar-refractivity contribution in [2.24, 2.45) is 11.7 Å². The maximum atomic E-state index is 13.3. The van der Waals surface area contributed by atoms with Crippen molar-refractivity contribution in [1.82, 2.24) is 4.90 Å². The minimum Gasteiger partial charge on any atom is -0.492 e. The highest BCUT2D eigenvalue weighted by Gasteiger charge is 2.29. The Labute approximate surface area is 184 Å². The molecule has 2 aromatic carbocycles. The number of ether oxygens (including phenoxy) is 4. The summed E-state index contributed by atoms with van der Waals surface area (Å²) in [4.78, 5) is 15.0. The van der Waals surface area contributed by atoms with Gasteiger partial charge >= 0.3 is 0 Å². The third kappa shape index (κ3) is 5.05. The molecule has 7 nitrogen and oxygen atoms in total. The second-order valence-corrected chi connectivity index (χ2v) is 7.79. The Kier molecular flexibility index (Phi) is 7.63. The van der Waals surface area contributed by atoms with Crippen molar-refractivity contribution in [3.05, 3.63) is 41.5 Å². The van der Waals surface area contributed by atoms with Gasteiger partial charge in [-0.2, -0.15) is 0 Å². The third-order valence-electron chi connectivity index (χ3n) is 5.69. The van der Waals surface area contributed by atoms with Crippen LogP contribution in [0.1, 0.15) is 35.2 Å². The Morgan fingerprint density at radius 1 is 1.03 bits per heavy atom. The molecule has 1 amide bonds. The topological polar surface area (TPSA) is 83.3 Å². The fraction of sp³-hybridized carbons (Fsp3) is 0.458. The summed E-state index contributed by atoms with van der Waals surface area (Å²) in [5, 5.41) is 0. The first-order valence-electron chi connectivity index (χ1n) is 10.6. The summed E-state index contributed by atoms with van der Waals surface area (Å²) >= 11 is 0. The van der Waals surface area contributed by atoms with Gasteiger partial charge in [0.1, 0.15) is 5.75 Å². The monoisotopic (exact) mass is 428 g/mol. The number of benzene rings is 2. The Balaban J connectivity index is 1.97. The van der Waals surface area contributed by atoms with Gasteiger partial charge in [0.25, 0.3) is 5.91 Å². The molecule has 0 unspecified atom stereocenters. The Morgan fingerprint density at radius 3 is 2.19 bits per heavy atom. The number of rotatable bonds is 10. The number of nitrogens with zero attached hydrogens (tertiary/aromatic N) is 1. The molecule has 0 bridgehead atoms. The SMILES string of the molecule is COc1c(Oc2ccc(CCN)cc2)cc(C(=O)N(C)CC2CCC2)c(OC)c1OC. The second-order valence-electron chi connectivity index (χ2n) is 7.79. The number of carbonyl (C=O) groups is 1. The fourth-order valence-corrected chi connectivity index (χ4v) is 3.78. The number of methoxy groups -OCH3 is 3. The van der Waals surface area contributed by atoms with E-state index >= 15 is 0 Å². The van der Waals surface area contributed by atoms with Crippen molar-refractivity contribution in [1.29, 1.82) is 0 Å². The molecular weight excluding hydrogens is 396 g/mol. The number of hydrogen-bond donors (Lipinski definition) is 1. The molecule has 0 spiro atoms. The van der Waals surface area contributed by atoms with Crippen LogP contribution in [0.15, 0.2) is 30.3 Å². The molecule has 3 rings (SSSR count). The predicted octanol–water partition coefficient (Wildman–Crippen LogP) is 3.88. The molecular formula is C24H32N2O5. The van der Waals surface area contributed by atoms with Crippen LogP contribution in [-0.2, 0) is 6.42 Å². The molecule has 1 aliphatic rings. The second kappa shape index (κ2) is 10.4. The summed E-state index contributed by atoms with van der Waals surface area (Å²) in [6, 6.07) is 9.33. The van der Waals surface area contributed by atoms with E-state index in [1.165, 1.54) is 27.8 Å². The van der Waals surface area contributed by atoms with Crippen LogP contribution in [0.4, 0.5) is 0 Å². The lowest BCUT2D eigenvalue weighted by Gasteiger charge is -2.30. The van der Waals surface area contributed by atoms with Gasteiger partial charge < -0.3 is 29.6 Å². The highest BCUT2D eigenvalue weighted by atomic mass is 16.5. The van der Waals surface area contributed by atoms with Crippen LogP contribution in [0.2, 0.25) is 0 Å². The van der Waals surface area contributed by atoms with Crippen molar-refractivity contribution in [3.8, 4) is 28.7 Å². The van der Waals surface area contributed by atoms with Crippen molar-refractivity contribution >= 4 is 5.91 Å². The van der Waals surface area contributed by atoms with Gasteiger partial charge in [-0.1, -0.05) is 18.6 Å². The smallest absolute Gasteiger partial charge is 0.257 e. The van der Waals surface area contributed by atoms with E-state index in [1.54, 1.807) is 11.0 Å². The van der Waals surface area contributed by atoms with Crippen LogP contribution in [0.25, 0.3) is 0 Å². The molecule has 1 saturated carbocycles. The molecule has 7 heteroatoms. The normalized spacial score (nSPS) is 13.3. The molecule has 0 radical (unpaired) electrons. The molecule has 0 aliphatic heterocycles. The highest BCUT2D eigenvalue weighted by Crippen LogP contribution is 2.48. The van der Waals surface area contributed by atoms with Crippen LogP contribution in [0.3, 0.4) is 0 Å². The average molecular weight is 429 g/mol. The molecule has 0 saturated heterocycles. The minimum absolute atomic E-state index is 0.146. The summed E-state index contributed by atoms with van der Waals surface area (Å²) in [7, 11) is 6.36. The quantitative estimate of drug-likeness (QED) is 0.618. The van der Waals surface area contributed by atoms with E-state index in [4.69, 9.17) is 24.7 Å². The van der Waals surface area contributed by atoms with Gasteiger partial charge in [-0.05, 0) is 49.4 Å². The van der Waals surface area contributed by atoms with Gasteiger partial charge in [0, 0.05) is 19.7 Å². The fourth-order valence-electron chi connectivity index (χ4n) is 3.78. The maximum absolute atomic E-state index is 13.3. The summed E-state index contributed by atoms with van der Waals surface area (Å²) in [5.41, 5.74) is 7.12. The zero-order chi connectivity index (χ0) is 22.4. The van der Waals surface area contributed by atoms with Gasteiger partial charge in [0.05, 0.1) is 26.9 Å². The lowest BCUT2D eigenvalue weighted by molar-refractivity contribution is 0.0740. The van der Waals surface area contributed by atoms with Gasteiger partial charge in [-0.25, -0.2) is 0 Å². The largest absolute Gasteiger partial charge is 0.492 e. The van der Waals surface area contributed by atoms with E-state index in [9.17, 15) is 4.79 Å². The predicted molar refractivity (Wildman–Crippen MR) is 120 cm³/mol. The number of nitrogens with two attached hydrogens (primary N) is 1. The number of carbonyl (C=O) groups excluding carboxylic acids is 1. The van der Waals surface area contributed by atoms with Gasteiger partial charge in [0.2, 0.25) is 11.5 Å². The molecule has 2 aromatic rings. The van der Waals surface area contributed by atoms with Crippen molar-refractivity contribution in [2.75, 3.05) is 41.5 Å². The van der Waals surface area contributed by atoms with Gasteiger partial charge in [-0.15, -0.1) is 0 Å². The van der Waals surface area contributed by atoms with Gasteiger partial charge in [-0.3, -0.25) is 4.79 Å². The van der Waals surface area contributed by atoms with E-state index < -0.39 is 0 Å². The standard InChI is InChI=1S/C24H32N2O5/c1-26(15-17-6-5-7-17)24(27)19-14-20(22(29-3)23(30-4)21(19)28-2)31-18-10-8-16(9-11-18)12-13-25/h8-11,14,17H,5-7,12-13,15,25H2,1-4H3. The van der Waals surface area contributed by atoms with Crippen LogP contribution < -0.4 is 24.7 Å². The van der Waals surface area contributed by atoms with E-state index in [1.807, 2.05) is 31.3 Å². The molecule has 2 N–H and O–H groups in total. The lowest BCUT2D eigenvalue weighted by Crippen LogP contribution is -2.34. The summed E-state index contributed by atoms with van der Waals surface area (Å²) in [5.74, 6) is 2.43. The molecule has 168 valence electrons. The van der Waals surface area contributed by atoms with Crippen LogP contribution in [-0.4, -0.2) is 52.3 Å². The summed E-state index contributed by atoms with van der Waals surface area (Å²) in [6.45, 7) is 1.30. The molecule has 1 aliphatic carbocycles. The van der Waals surface area contributed by atoms with Crippen molar-refractivity contribution in [3.63, 3.8) is 0 Å². The van der Waals surface area contributed by atoms with Crippen LogP contribution in [0, 0.1) is 5.92 Å². The van der Waals surface area contributed by atoms with E-state index in [0.29, 0.717) is 46.8 Å². The van der Waals surface area contributed by atoms with E-state index in [-0.39, 0.29) is 5.91 Å². The summed E-state index contributed by atoms with van der Waals surface area (Å²) in [6.07, 6.45) is 4.35. The zero-order valence-corrected chi connectivity index (χ0v) is 18.8. The highest BCUT2D eigenvalue weighted by molar-refractivity contribution is 5.99. The third-order valence-corrected chi connectivity index (χ3v) is 5.69.